The van der Waals surface area contributed by atoms with Crippen molar-refractivity contribution in [2.45, 2.75) is 18.8 Å². The Hall–Kier alpha value is -3.27. The van der Waals surface area contributed by atoms with E-state index < -0.39 is 17.3 Å². The van der Waals surface area contributed by atoms with E-state index in [1.807, 2.05) is 79.7 Å². The molecule has 1 unspecified atom stereocenters. The highest BCUT2D eigenvalue weighted by molar-refractivity contribution is 5.74. The lowest BCUT2D eigenvalue weighted by molar-refractivity contribution is -0.143. The Morgan fingerprint density at radius 1 is 0.897 bits per heavy atom. The number of carboxylic acids is 1. The SMILES string of the molecule is COc1ccc(CC(C(=O)O)C(C)(c2ccccc2)c2ccccc2)c(OC)c1. The Kier molecular flexibility index (Phi) is 6.23. The summed E-state index contributed by atoms with van der Waals surface area (Å²) in [7, 11) is 3.18. The molecule has 4 nitrogen and oxygen atoms in total. The molecule has 0 aliphatic rings. The molecule has 0 radical (unpaired) electrons. The van der Waals surface area contributed by atoms with Gasteiger partial charge < -0.3 is 14.6 Å². The number of rotatable bonds is 8. The van der Waals surface area contributed by atoms with Crippen LogP contribution in [0.2, 0.25) is 0 Å². The molecular formula is C25H26O4. The summed E-state index contributed by atoms with van der Waals surface area (Å²) in [6, 6.07) is 25.2. The van der Waals surface area contributed by atoms with Gasteiger partial charge in [0.05, 0.1) is 20.1 Å². The Morgan fingerprint density at radius 2 is 1.45 bits per heavy atom. The predicted octanol–water partition coefficient (Wildman–Crippen LogP) is 4.95. The normalized spacial score (nSPS) is 12.2. The lowest BCUT2D eigenvalue weighted by Crippen LogP contribution is -2.40. The van der Waals surface area contributed by atoms with Gasteiger partial charge in [0, 0.05) is 11.5 Å². The molecule has 29 heavy (non-hydrogen) atoms. The van der Waals surface area contributed by atoms with Gasteiger partial charge in [-0.3, -0.25) is 4.79 Å². The minimum atomic E-state index is -0.849. The van der Waals surface area contributed by atoms with E-state index >= 15 is 0 Å². The van der Waals surface area contributed by atoms with Crippen LogP contribution >= 0.6 is 0 Å². The van der Waals surface area contributed by atoms with Crippen molar-refractivity contribution in [1.29, 1.82) is 0 Å². The standard InChI is InChI=1S/C25H26O4/c1-25(19-10-6-4-7-11-19,20-12-8-5-9-13-20)22(24(26)27)16-18-14-15-21(28-2)17-23(18)29-3/h4-15,17,22H,16H2,1-3H3,(H,26,27). The fourth-order valence-electron chi connectivity index (χ4n) is 3.92. The van der Waals surface area contributed by atoms with Crippen molar-refractivity contribution in [3.63, 3.8) is 0 Å². The van der Waals surface area contributed by atoms with Crippen molar-refractivity contribution >= 4 is 5.97 Å². The third kappa shape index (κ3) is 4.11. The van der Waals surface area contributed by atoms with Crippen LogP contribution in [-0.4, -0.2) is 25.3 Å². The van der Waals surface area contributed by atoms with Crippen LogP contribution in [0.1, 0.15) is 23.6 Å². The lowest BCUT2D eigenvalue weighted by Gasteiger charge is -2.37. The number of carboxylic acid groups (broad SMARTS) is 1. The Morgan fingerprint density at radius 3 is 1.90 bits per heavy atom. The van der Waals surface area contributed by atoms with Crippen LogP contribution < -0.4 is 9.47 Å². The third-order valence-electron chi connectivity index (χ3n) is 5.66. The Labute approximate surface area is 171 Å². The number of hydrogen-bond acceptors (Lipinski definition) is 3. The van der Waals surface area contributed by atoms with Gasteiger partial charge in [0.2, 0.25) is 0 Å². The molecule has 3 aromatic carbocycles. The second kappa shape index (κ2) is 8.82. The van der Waals surface area contributed by atoms with Crippen molar-refractivity contribution in [2.75, 3.05) is 14.2 Å². The summed E-state index contributed by atoms with van der Waals surface area (Å²) in [6.45, 7) is 2.01. The quantitative estimate of drug-likeness (QED) is 0.591. The first kappa shape index (κ1) is 20.5. The van der Waals surface area contributed by atoms with Gasteiger partial charge in [0.1, 0.15) is 11.5 Å². The number of aliphatic carboxylic acids is 1. The molecule has 3 rings (SSSR count). The predicted molar refractivity (Wildman–Crippen MR) is 114 cm³/mol. The molecule has 0 saturated heterocycles. The second-order valence-electron chi connectivity index (χ2n) is 7.21. The van der Waals surface area contributed by atoms with Crippen LogP contribution in [0.3, 0.4) is 0 Å². The minimum absolute atomic E-state index is 0.322. The minimum Gasteiger partial charge on any atom is -0.497 e. The van der Waals surface area contributed by atoms with Gasteiger partial charge in [-0.05, 0) is 29.2 Å². The van der Waals surface area contributed by atoms with Gasteiger partial charge in [0.15, 0.2) is 0 Å². The molecule has 0 aromatic heterocycles. The molecule has 1 atom stereocenters. The van der Waals surface area contributed by atoms with Crippen LogP contribution in [-0.2, 0) is 16.6 Å². The van der Waals surface area contributed by atoms with E-state index in [1.165, 1.54) is 0 Å². The highest BCUT2D eigenvalue weighted by Crippen LogP contribution is 2.42. The summed E-state index contributed by atoms with van der Waals surface area (Å²) < 4.78 is 10.8. The maximum Gasteiger partial charge on any atom is 0.308 e. The van der Waals surface area contributed by atoms with E-state index in [0.717, 1.165) is 16.7 Å². The first-order valence-corrected chi connectivity index (χ1v) is 9.55. The molecule has 1 N–H and O–H groups in total. The van der Waals surface area contributed by atoms with Crippen molar-refractivity contribution in [3.8, 4) is 11.5 Å². The summed E-state index contributed by atoms with van der Waals surface area (Å²) >= 11 is 0. The van der Waals surface area contributed by atoms with E-state index in [2.05, 4.69) is 0 Å². The van der Waals surface area contributed by atoms with Crippen LogP contribution in [0, 0.1) is 5.92 Å². The average molecular weight is 390 g/mol. The highest BCUT2D eigenvalue weighted by Gasteiger charge is 2.42. The molecule has 0 saturated carbocycles. The summed E-state index contributed by atoms with van der Waals surface area (Å²) in [4.78, 5) is 12.6. The molecule has 0 bridgehead atoms. The number of hydrogen-bond donors (Lipinski definition) is 1. The molecule has 0 heterocycles. The summed E-state index contributed by atoms with van der Waals surface area (Å²) in [5.74, 6) is -0.252. The first-order chi connectivity index (χ1) is 14.0. The van der Waals surface area contributed by atoms with Gasteiger partial charge in [-0.25, -0.2) is 0 Å². The Balaban J connectivity index is 2.13. The molecule has 150 valence electrons. The maximum atomic E-state index is 12.6. The average Bonchev–Trinajstić information content (AvgIpc) is 2.77. The van der Waals surface area contributed by atoms with Crippen LogP contribution in [0.15, 0.2) is 78.9 Å². The number of carbonyl (C=O) groups is 1. The van der Waals surface area contributed by atoms with Crippen LogP contribution in [0.4, 0.5) is 0 Å². The molecule has 0 fully saturated rings. The van der Waals surface area contributed by atoms with E-state index in [4.69, 9.17) is 9.47 Å². The van der Waals surface area contributed by atoms with Crippen LogP contribution in [0.25, 0.3) is 0 Å². The molecule has 0 spiro atoms. The van der Waals surface area contributed by atoms with E-state index in [0.29, 0.717) is 17.9 Å². The van der Waals surface area contributed by atoms with Gasteiger partial charge in [-0.1, -0.05) is 73.7 Å². The Bertz CT molecular complexity index is 912. The van der Waals surface area contributed by atoms with Gasteiger partial charge in [-0.15, -0.1) is 0 Å². The largest absolute Gasteiger partial charge is 0.497 e. The maximum absolute atomic E-state index is 12.6. The van der Waals surface area contributed by atoms with Crippen molar-refractivity contribution in [3.05, 3.63) is 95.6 Å². The van der Waals surface area contributed by atoms with Gasteiger partial charge in [0.25, 0.3) is 0 Å². The number of methoxy groups -OCH3 is 2. The molecule has 0 aliphatic heterocycles. The van der Waals surface area contributed by atoms with Crippen LogP contribution in [0.5, 0.6) is 11.5 Å². The highest BCUT2D eigenvalue weighted by atomic mass is 16.5. The zero-order valence-electron chi connectivity index (χ0n) is 17.0. The van der Waals surface area contributed by atoms with E-state index in [9.17, 15) is 9.90 Å². The van der Waals surface area contributed by atoms with E-state index in [-0.39, 0.29) is 0 Å². The molecule has 3 aromatic rings. The van der Waals surface area contributed by atoms with Gasteiger partial charge >= 0.3 is 5.97 Å². The smallest absolute Gasteiger partial charge is 0.308 e. The topological polar surface area (TPSA) is 55.8 Å². The monoisotopic (exact) mass is 390 g/mol. The molecule has 4 heteroatoms. The molecule has 0 amide bonds. The summed E-state index contributed by atoms with van der Waals surface area (Å²) in [5, 5.41) is 10.3. The number of benzene rings is 3. The molecular weight excluding hydrogens is 364 g/mol. The molecule has 0 aliphatic carbocycles. The van der Waals surface area contributed by atoms with Crippen molar-refractivity contribution < 1.29 is 19.4 Å². The fraction of sp³-hybridized carbons (Fsp3) is 0.240. The second-order valence-corrected chi connectivity index (χ2v) is 7.21. The first-order valence-electron chi connectivity index (χ1n) is 9.55. The summed E-state index contributed by atoms with van der Waals surface area (Å²) in [5.41, 5.74) is 2.04. The van der Waals surface area contributed by atoms with Crippen molar-refractivity contribution in [1.82, 2.24) is 0 Å². The fourth-order valence-corrected chi connectivity index (χ4v) is 3.92. The summed E-state index contributed by atoms with van der Waals surface area (Å²) in [6.07, 6.45) is 0.322. The lowest BCUT2D eigenvalue weighted by atomic mass is 9.65. The van der Waals surface area contributed by atoms with Crippen molar-refractivity contribution in [2.24, 2.45) is 5.92 Å². The number of ether oxygens (including phenoxy) is 2. The third-order valence-corrected chi connectivity index (χ3v) is 5.66. The zero-order chi connectivity index (χ0) is 20.9. The van der Waals surface area contributed by atoms with Gasteiger partial charge in [-0.2, -0.15) is 0 Å². The van der Waals surface area contributed by atoms with E-state index in [1.54, 1.807) is 20.3 Å². The zero-order valence-corrected chi connectivity index (χ0v) is 17.0.